The number of nitrogens with zero attached hydrogens (tertiary/aromatic N) is 3. The van der Waals surface area contributed by atoms with Gasteiger partial charge in [0.15, 0.2) is 0 Å². The van der Waals surface area contributed by atoms with Gasteiger partial charge in [0.2, 0.25) is 0 Å². The lowest BCUT2D eigenvalue weighted by Crippen LogP contribution is -2.49. The Bertz CT molecular complexity index is 1340. The second-order valence-electron chi connectivity index (χ2n) is 8.43. The molecule has 1 aliphatic heterocycles. The summed E-state index contributed by atoms with van der Waals surface area (Å²) in [5.41, 5.74) is 4.60. The fourth-order valence-electron chi connectivity index (χ4n) is 4.69. The Labute approximate surface area is 209 Å². The van der Waals surface area contributed by atoms with Crippen molar-refractivity contribution in [1.82, 2.24) is 9.47 Å². The van der Waals surface area contributed by atoms with E-state index in [1.807, 2.05) is 71.1 Å². The van der Waals surface area contributed by atoms with E-state index >= 15 is 0 Å². The first kappa shape index (κ1) is 22.6. The third-order valence-corrected chi connectivity index (χ3v) is 6.99. The number of rotatable bonds is 4. The molecule has 0 atom stereocenters. The van der Waals surface area contributed by atoms with Gasteiger partial charge in [0.05, 0.1) is 7.11 Å². The summed E-state index contributed by atoms with van der Waals surface area (Å²) < 4.78 is 7.24. The fourth-order valence-corrected chi connectivity index (χ4v) is 4.98. The van der Waals surface area contributed by atoms with Crippen LogP contribution in [0, 0.1) is 0 Å². The molecule has 4 aromatic rings. The Kier molecular flexibility index (Phi) is 6.15. The van der Waals surface area contributed by atoms with Gasteiger partial charge in [-0.25, -0.2) is 0 Å². The van der Waals surface area contributed by atoms with Crippen LogP contribution in [0.5, 0.6) is 5.75 Å². The van der Waals surface area contributed by atoms with Gasteiger partial charge < -0.3 is 19.1 Å². The molecule has 0 radical (unpaired) electrons. The molecule has 0 aliphatic carbocycles. The topological polar surface area (TPSA) is 37.7 Å². The lowest BCUT2D eigenvalue weighted by atomic mass is 10.0. The number of piperazine rings is 1. The van der Waals surface area contributed by atoms with Gasteiger partial charge in [-0.3, -0.25) is 4.79 Å². The number of fused-ring (bicyclic) bond motifs is 1. The Morgan fingerprint density at radius 2 is 1.50 bits per heavy atom. The number of benzene rings is 3. The highest BCUT2D eigenvalue weighted by molar-refractivity contribution is 6.32. The molecule has 0 N–H and O–H groups in total. The Balaban J connectivity index is 1.47. The maximum atomic E-state index is 13.9. The van der Waals surface area contributed by atoms with Crippen LogP contribution in [0.25, 0.3) is 22.0 Å². The standard InChI is InChI=1S/C27H25Cl2N3O2/c1-30-24-12-7-20(29)17-23(24)25(18-3-5-19(28)6-4-18)26(30)27(33)32-15-13-31(14-16-32)21-8-10-22(34-2)11-9-21/h3-12,17H,13-16H2,1-2H3. The highest BCUT2D eigenvalue weighted by Gasteiger charge is 2.29. The summed E-state index contributed by atoms with van der Waals surface area (Å²) in [6.45, 7) is 2.83. The maximum Gasteiger partial charge on any atom is 0.271 e. The number of amides is 1. The minimum atomic E-state index is 0.0224. The molecule has 1 aliphatic rings. The van der Waals surface area contributed by atoms with Crippen LogP contribution in [0.3, 0.4) is 0 Å². The lowest BCUT2D eigenvalue weighted by molar-refractivity contribution is 0.0738. The highest BCUT2D eigenvalue weighted by Crippen LogP contribution is 2.37. The molecule has 0 spiro atoms. The van der Waals surface area contributed by atoms with Crippen molar-refractivity contribution in [2.45, 2.75) is 0 Å². The average Bonchev–Trinajstić information content (AvgIpc) is 3.15. The Hall–Kier alpha value is -3.15. The number of hydrogen-bond donors (Lipinski definition) is 0. The van der Waals surface area contributed by atoms with Crippen LogP contribution in [0.4, 0.5) is 5.69 Å². The summed E-state index contributed by atoms with van der Waals surface area (Å²) in [6, 6.07) is 21.4. The first-order valence-electron chi connectivity index (χ1n) is 11.2. The molecule has 1 aromatic heterocycles. The normalized spacial score (nSPS) is 14.0. The molecule has 0 unspecified atom stereocenters. The van der Waals surface area contributed by atoms with Gasteiger partial charge in [-0.15, -0.1) is 0 Å². The summed E-state index contributed by atoms with van der Waals surface area (Å²) in [5.74, 6) is 0.859. The first-order chi connectivity index (χ1) is 16.5. The van der Waals surface area contributed by atoms with Crippen molar-refractivity contribution >= 4 is 45.7 Å². The Morgan fingerprint density at radius 3 is 2.15 bits per heavy atom. The molecule has 0 bridgehead atoms. The van der Waals surface area contributed by atoms with Crippen molar-refractivity contribution < 1.29 is 9.53 Å². The number of ether oxygens (including phenoxy) is 1. The zero-order valence-corrected chi connectivity index (χ0v) is 20.6. The van der Waals surface area contributed by atoms with Crippen LogP contribution in [-0.2, 0) is 7.05 Å². The molecule has 7 heteroatoms. The fraction of sp³-hybridized carbons (Fsp3) is 0.222. The molecular formula is C27H25Cl2N3O2. The summed E-state index contributed by atoms with van der Waals surface area (Å²) in [6.07, 6.45) is 0. The van der Waals surface area contributed by atoms with Gasteiger partial charge in [0.25, 0.3) is 5.91 Å². The zero-order chi connectivity index (χ0) is 23.8. The number of halogens is 2. The summed E-state index contributed by atoms with van der Waals surface area (Å²) in [4.78, 5) is 18.1. The van der Waals surface area contributed by atoms with Crippen LogP contribution >= 0.6 is 23.2 Å². The third-order valence-electron chi connectivity index (χ3n) is 6.50. The molecule has 174 valence electrons. The van der Waals surface area contributed by atoms with Gasteiger partial charge in [-0.1, -0.05) is 35.3 Å². The van der Waals surface area contributed by atoms with Crippen LogP contribution in [0.15, 0.2) is 66.7 Å². The average molecular weight is 494 g/mol. The maximum absolute atomic E-state index is 13.9. The van der Waals surface area contributed by atoms with E-state index in [0.717, 1.165) is 46.6 Å². The SMILES string of the molecule is COc1ccc(N2CCN(C(=O)c3c(-c4ccc(Cl)cc4)c4cc(Cl)ccc4n3C)CC2)cc1. The van der Waals surface area contributed by atoms with Crippen molar-refractivity contribution in [2.75, 3.05) is 38.2 Å². The van der Waals surface area contributed by atoms with E-state index in [9.17, 15) is 4.79 Å². The number of carbonyl (C=O) groups is 1. The van der Waals surface area contributed by atoms with Crippen LogP contribution in [0.1, 0.15) is 10.5 Å². The van der Waals surface area contributed by atoms with Gasteiger partial charge in [-0.05, 0) is 60.2 Å². The predicted molar refractivity (Wildman–Crippen MR) is 139 cm³/mol. The second kappa shape index (κ2) is 9.24. The number of methoxy groups -OCH3 is 1. The summed E-state index contributed by atoms with van der Waals surface area (Å²) in [7, 11) is 3.61. The van der Waals surface area contributed by atoms with Gasteiger partial charge >= 0.3 is 0 Å². The van der Waals surface area contributed by atoms with Crippen molar-refractivity contribution in [1.29, 1.82) is 0 Å². The van der Waals surface area contributed by atoms with E-state index in [2.05, 4.69) is 17.0 Å². The monoisotopic (exact) mass is 493 g/mol. The van der Waals surface area contributed by atoms with Crippen molar-refractivity contribution in [3.8, 4) is 16.9 Å². The van der Waals surface area contributed by atoms with Crippen LogP contribution in [-0.4, -0.2) is 48.7 Å². The van der Waals surface area contributed by atoms with E-state index in [1.165, 1.54) is 0 Å². The Morgan fingerprint density at radius 1 is 0.853 bits per heavy atom. The number of aryl methyl sites for hydroxylation is 1. The molecule has 1 amide bonds. The number of hydrogen-bond acceptors (Lipinski definition) is 3. The predicted octanol–water partition coefficient (Wildman–Crippen LogP) is 6.12. The van der Waals surface area contributed by atoms with E-state index in [1.54, 1.807) is 7.11 Å². The molecule has 1 saturated heterocycles. The van der Waals surface area contributed by atoms with Crippen LogP contribution in [0.2, 0.25) is 10.0 Å². The molecule has 0 saturated carbocycles. The first-order valence-corrected chi connectivity index (χ1v) is 11.9. The quantitative estimate of drug-likeness (QED) is 0.343. The molecule has 1 fully saturated rings. The zero-order valence-electron chi connectivity index (χ0n) is 19.1. The minimum absolute atomic E-state index is 0.0224. The third kappa shape index (κ3) is 4.10. The number of carbonyl (C=O) groups excluding carboxylic acids is 1. The van der Waals surface area contributed by atoms with E-state index in [-0.39, 0.29) is 5.91 Å². The van der Waals surface area contributed by atoms with Gasteiger partial charge in [-0.2, -0.15) is 0 Å². The summed E-state index contributed by atoms with van der Waals surface area (Å²) >= 11 is 12.5. The van der Waals surface area contributed by atoms with Crippen molar-refractivity contribution in [3.05, 3.63) is 82.5 Å². The second-order valence-corrected chi connectivity index (χ2v) is 9.30. The highest BCUT2D eigenvalue weighted by atomic mass is 35.5. The van der Waals surface area contributed by atoms with Crippen LogP contribution < -0.4 is 9.64 Å². The molecule has 3 aromatic carbocycles. The van der Waals surface area contributed by atoms with E-state index in [4.69, 9.17) is 27.9 Å². The smallest absolute Gasteiger partial charge is 0.271 e. The number of anilines is 1. The lowest BCUT2D eigenvalue weighted by Gasteiger charge is -2.36. The molecular weight excluding hydrogens is 469 g/mol. The summed E-state index contributed by atoms with van der Waals surface area (Å²) in [5, 5.41) is 2.25. The van der Waals surface area contributed by atoms with Gasteiger partial charge in [0.1, 0.15) is 11.4 Å². The molecule has 5 nitrogen and oxygen atoms in total. The van der Waals surface area contributed by atoms with E-state index in [0.29, 0.717) is 28.8 Å². The van der Waals surface area contributed by atoms with Crippen molar-refractivity contribution in [3.63, 3.8) is 0 Å². The largest absolute Gasteiger partial charge is 0.497 e. The molecule has 5 rings (SSSR count). The molecule has 34 heavy (non-hydrogen) atoms. The number of aromatic nitrogens is 1. The van der Waals surface area contributed by atoms with Crippen molar-refractivity contribution in [2.24, 2.45) is 7.05 Å². The van der Waals surface area contributed by atoms with Gasteiger partial charge in [0, 0.05) is 65.4 Å². The van der Waals surface area contributed by atoms with E-state index < -0.39 is 0 Å². The molecule has 2 heterocycles. The minimum Gasteiger partial charge on any atom is -0.497 e.